The first-order valence-corrected chi connectivity index (χ1v) is 6.74. The normalized spacial score (nSPS) is 12.4. The Balaban J connectivity index is 2.47. The first-order valence-electron chi connectivity index (χ1n) is 6.30. The van der Waals surface area contributed by atoms with Crippen LogP contribution in [0.4, 0.5) is 5.95 Å². The number of hydrogen-bond donors (Lipinski definition) is 1. The summed E-state index contributed by atoms with van der Waals surface area (Å²) in [6.45, 7) is 5.40. The van der Waals surface area contributed by atoms with Crippen LogP contribution in [0, 0.1) is 0 Å². The van der Waals surface area contributed by atoms with Gasteiger partial charge in [0.05, 0.1) is 23.4 Å². The van der Waals surface area contributed by atoms with Crippen molar-refractivity contribution in [3.63, 3.8) is 0 Å². The Hall–Kier alpha value is -0.940. The fraction of sp³-hybridized carbons (Fsp3) is 0.750. The fourth-order valence-electron chi connectivity index (χ4n) is 1.62. The summed E-state index contributed by atoms with van der Waals surface area (Å²) in [5.41, 5.74) is 1.98. The van der Waals surface area contributed by atoms with Crippen molar-refractivity contribution in [1.29, 1.82) is 0 Å². The Labute approximate surface area is 113 Å². The highest BCUT2D eigenvalue weighted by Crippen LogP contribution is 2.08. The van der Waals surface area contributed by atoms with Crippen LogP contribution in [-0.4, -0.2) is 40.8 Å². The molecule has 18 heavy (non-hydrogen) atoms. The molecule has 6 heteroatoms. The molecule has 0 spiro atoms. The predicted molar refractivity (Wildman–Crippen MR) is 73.2 cm³/mol. The molecular weight excluding hydrogens is 252 g/mol. The van der Waals surface area contributed by atoms with Crippen molar-refractivity contribution in [3.8, 4) is 0 Å². The molecule has 0 fully saturated rings. The van der Waals surface area contributed by atoms with Gasteiger partial charge in [-0.25, -0.2) is 4.98 Å². The number of ether oxygens (including phenoxy) is 1. The number of aryl methyl sites for hydroxylation is 2. The summed E-state index contributed by atoms with van der Waals surface area (Å²) >= 11 is 6.03. The average Bonchev–Trinajstić information content (AvgIpc) is 2.38. The molecule has 0 aliphatic rings. The minimum atomic E-state index is 0.0102. The van der Waals surface area contributed by atoms with Crippen molar-refractivity contribution in [2.24, 2.45) is 0 Å². The molecule has 0 aromatic carbocycles. The number of anilines is 1. The van der Waals surface area contributed by atoms with Crippen LogP contribution in [0.15, 0.2) is 0 Å². The van der Waals surface area contributed by atoms with Crippen LogP contribution in [0.25, 0.3) is 0 Å². The summed E-state index contributed by atoms with van der Waals surface area (Å²) in [4.78, 5) is 4.45. The average molecular weight is 273 g/mol. The number of nitrogens with one attached hydrogen (secondary N) is 1. The Kier molecular flexibility index (Phi) is 6.90. The van der Waals surface area contributed by atoms with Crippen molar-refractivity contribution in [1.82, 2.24) is 15.2 Å². The minimum absolute atomic E-state index is 0.0102. The van der Waals surface area contributed by atoms with Gasteiger partial charge in [0.1, 0.15) is 0 Å². The molecule has 1 aromatic rings. The lowest BCUT2D eigenvalue weighted by Gasteiger charge is -2.10. The molecule has 1 aromatic heterocycles. The number of hydrogen-bond acceptors (Lipinski definition) is 5. The van der Waals surface area contributed by atoms with E-state index in [9.17, 15) is 0 Å². The van der Waals surface area contributed by atoms with Crippen LogP contribution in [0.1, 0.15) is 31.7 Å². The van der Waals surface area contributed by atoms with Gasteiger partial charge < -0.3 is 10.1 Å². The Morgan fingerprint density at radius 3 is 2.56 bits per heavy atom. The molecule has 1 heterocycles. The molecule has 5 nitrogen and oxygen atoms in total. The van der Waals surface area contributed by atoms with Crippen LogP contribution < -0.4 is 5.32 Å². The van der Waals surface area contributed by atoms with Gasteiger partial charge in [-0.2, -0.15) is 5.10 Å². The maximum Gasteiger partial charge on any atom is 0.242 e. The van der Waals surface area contributed by atoms with Gasteiger partial charge in [0.2, 0.25) is 5.95 Å². The Morgan fingerprint density at radius 2 is 1.94 bits per heavy atom. The smallest absolute Gasteiger partial charge is 0.242 e. The highest BCUT2D eigenvalue weighted by atomic mass is 35.5. The second-order valence-electron chi connectivity index (χ2n) is 4.00. The third kappa shape index (κ3) is 4.74. The van der Waals surface area contributed by atoms with E-state index in [0.717, 1.165) is 30.7 Å². The highest BCUT2D eigenvalue weighted by molar-refractivity contribution is 6.20. The zero-order valence-corrected chi connectivity index (χ0v) is 12.0. The van der Waals surface area contributed by atoms with E-state index in [0.29, 0.717) is 19.1 Å². The van der Waals surface area contributed by atoms with E-state index in [1.807, 2.05) is 0 Å². The molecule has 0 aliphatic heterocycles. The van der Waals surface area contributed by atoms with Gasteiger partial charge in [-0.15, -0.1) is 16.7 Å². The fourth-order valence-corrected chi connectivity index (χ4v) is 1.85. The van der Waals surface area contributed by atoms with Crippen molar-refractivity contribution < 1.29 is 4.74 Å². The minimum Gasteiger partial charge on any atom is -0.383 e. The van der Waals surface area contributed by atoms with E-state index in [1.54, 1.807) is 7.11 Å². The molecule has 0 saturated carbocycles. The van der Waals surface area contributed by atoms with Crippen molar-refractivity contribution >= 4 is 17.5 Å². The molecular formula is C12H21ClN4O. The van der Waals surface area contributed by atoms with Crippen molar-refractivity contribution in [2.75, 3.05) is 25.6 Å². The van der Waals surface area contributed by atoms with E-state index < -0.39 is 0 Å². The van der Waals surface area contributed by atoms with Gasteiger partial charge in [-0.05, 0) is 19.3 Å². The maximum atomic E-state index is 6.03. The molecule has 1 unspecified atom stereocenters. The molecule has 0 saturated heterocycles. The van der Waals surface area contributed by atoms with Crippen LogP contribution in [0.2, 0.25) is 0 Å². The first-order chi connectivity index (χ1) is 8.71. The Bertz CT molecular complexity index is 362. The van der Waals surface area contributed by atoms with E-state index in [4.69, 9.17) is 16.3 Å². The second kappa shape index (κ2) is 8.21. The number of rotatable bonds is 8. The van der Waals surface area contributed by atoms with Crippen molar-refractivity contribution in [3.05, 3.63) is 11.4 Å². The largest absolute Gasteiger partial charge is 0.383 e. The SMILES string of the molecule is CCc1nnc(NCCC(Cl)COC)nc1CC. The third-order valence-electron chi connectivity index (χ3n) is 2.60. The van der Waals surface area contributed by atoms with E-state index in [2.05, 4.69) is 34.3 Å². The number of halogens is 1. The lowest BCUT2D eigenvalue weighted by atomic mass is 10.2. The lowest BCUT2D eigenvalue weighted by molar-refractivity contribution is 0.196. The topological polar surface area (TPSA) is 59.9 Å². The maximum absolute atomic E-state index is 6.03. The molecule has 0 radical (unpaired) electrons. The standard InChI is InChI=1S/C12H21ClN4O/c1-4-10-11(5-2)16-17-12(15-10)14-7-6-9(13)8-18-3/h9H,4-8H2,1-3H3,(H,14,15,17). The molecule has 0 aliphatic carbocycles. The van der Waals surface area contributed by atoms with Gasteiger partial charge in [0, 0.05) is 13.7 Å². The molecule has 1 rings (SSSR count). The summed E-state index contributed by atoms with van der Waals surface area (Å²) in [6, 6.07) is 0. The van der Waals surface area contributed by atoms with Gasteiger partial charge >= 0.3 is 0 Å². The number of aromatic nitrogens is 3. The molecule has 0 amide bonds. The van der Waals surface area contributed by atoms with Gasteiger partial charge in [-0.1, -0.05) is 13.8 Å². The van der Waals surface area contributed by atoms with Gasteiger partial charge in [0.15, 0.2) is 0 Å². The monoisotopic (exact) mass is 272 g/mol. The van der Waals surface area contributed by atoms with Crippen LogP contribution >= 0.6 is 11.6 Å². The third-order valence-corrected chi connectivity index (χ3v) is 2.94. The summed E-state index contributed by atoms with van der Waals surface area (Å²) in [6.07, 6.45) is 2.53. The predicted octanol–water partition coefficient (Wildman–Crippen LogP) is 2.05. The summed E-state index contributed by atoms with van der Waals surface area (Å²) in [5.74, 6) is 0.574. The molecule has 102 valence electrons. The molecule has 1 N–H and O–H groups in total. The number of nitrogens with zero attached hydrogens (tertiary/aromatic N) is 3. The van der Waals surface area contributed by atoms with Crippen LogP contribution in [-0.2, 0) is 17.6 Å². The van der Waals surface area contributed by atoms with E-state index in [-0.39, 0.29) is 5.38 Å². The molecule has 0 bridgehead atoms. The van der Waals surface area contributed by atoms with Crippen molar-refractivity contribution in [2.45, 2.75) is 38.5 Å². The summed E-state index contributed by atoms with van der Waals surface area (Å²) in [7, 11) is 1.65. The second-order valence-corrected chi connectivity index (χ2v) is 4.62. The van der Waals surface area contributed by atoms with Gasteiger partial charge in [0.25, 0.3) is 0 Å². The number of alkyl halides is 1. The molecule has 1 atom stereocenters. The van der Waals surface area contributed by atoms with Gasteiger partial charge in [-0.3, -0.25) is 0 Å². The zero-order valence-electron chi connectivity index (χ0n) is 11.2. The van der Waals surface area contributed by atoms with E-state index >= 15 is 0 Å². The van der Waals surface area contributed by atoms with E-state index in [1.165, 1.54) is 0 Å². The Morgan fingerprint density at radius 1 is 1.22 bits per heavy atom. The summed E-state index contributed by atoms with van der Waals surface area (Å²) in [5, 5.41) is 11.4. The quantitative estimate of drug-likeness (QED) is 0.734. The van der Waals surface area contributed by atoms with Crippen LogP contribution in [0.3, 0.4) is 0 Å². The lowest BCUT2D eigenvalue weighted by Crippen LogP contribution is -2.15. The number of methoxy groups -OCH3 is 1. The first kappa shape index (κ1) is 15.1. The zero-order chi connectivity index (χ0) is 13.4. The van der Waals surface area contributed by atoms with Crippen LogP contribution in [0.5, 0.6) is 0 Å². The summed E-state index contributed by atoms with van der Waals surface area (Å²) < 4.78 is 4.97. The highest BCUT2D eigenvalue weighted by Gasteiger charge is 2.07.